The number of hydrogen-bond acceptors (Lipinski definition) is 15. The summed E-state index contributed by atoms with van der Waals surface area (Å²) < 4.78 is 0. The molecule has 0 rings (SSSR count). The Morgan fingerprint density at radius 2 is 0.794 bits per heavy atom. The number of unbranched alkanes of at least 4 members (excludes halogenated alkanes) is 1. The zero-order valence-corrected chi connectivity index (χ0v) is 24.6. The van der Waals surface area contributed by atoms with Crippen LogP contribution >= 0.6 is 0 Å². The van der Waals surface area contributed by atoms with Crippen LogP contribution in [0.1, 0.15) is 38.5 Å². The zero-order valence-electron chi connectivity index (χ0n) is 18.0. The summed E-state index contributed by atoms with van der Waals surface area (Å²) in [7, 11) is 0. The Morgan fingerprint density at radius 1 is 0.588 bits per heavy atom. The van der Waals surface area contributed by atoms with E-state index in [4.69, 9.17) is 15.3 Å². The molecule has 179 valence electrons. The van der Waals surface area contributed by atoms with Gasteiger partial charge in [0, 0.05) is 56.2 Å². The summed E-state index contributed by atoms with van der Waals surface area (Å²) >= 11 is 0. The van der Waals surface area contributed by atoms with Crippen molar-refractivity contribution >= 4 is 149 Å². The second-order valence-corrected chi connectivity index (χ2v) is 5.76. The van der Waals surface area contributed by atoms with E-state index < -0.39 is 72.7 Å². The largest absolute Gasteiger partial charge is 2.00 e. The fraction of sp³-hybridized carbons (Fsp3) is 0.562. The van der Waals surface area contributed by atoms with E-state index in [-0.39, 0.29) is 120 Å². The molecule has 34 heavy (non-hydrogen) atoms. The predicted molar refractivity (Wildman–Crippen MR) is 97.3 cm³/mol. The van der Waals surface area contributed by atoms with Crippen LogP contribution < -0.4 is 30.6 Å². The van der Waals surface area contributed by atoms with E-state index in [2.05, 4.69) is 6.92 Å². The van der Waals surface area contributed by atoms with Crippen molar-refractivity contribution in [2.75, 3.05) is 6.61 Å². The molecule has 3 N–H and O–H groups in total. The third kappa shape index (κ3) is 27.1. The summed E-state index contributed by atoms with van der Waals surface area (Å²) in [6, 6.07) is 0. The Bertz CT molecular complexity index is 568. The number of carbonyl (C=O) groups excluding carboxylic acids is 6. The van der Waals surface area contributed by atoms with Gasteiger partial charge in [0.25, 0.3) is 0 Å². The average molecular weight is 572 g/mol. The molecule has 15 nitrogen and oxygen atoms in total. The van der Waals surface area contributed by atoms with E-state index in [9.17, 15) is 59.4 Å². The minimum atomic E-state index is -2.97. The molecule has 0 spiro atoms. The van der Waals surface area contributed by atoms with Gasteiger partial charge in [-0.3, -0.25) is 0 Å². The summed E-state index contributed by atoms with van der Waals surface area (Å²) in [6.45, 7) is 3.80. The molecular formula is C16H19Ca3O15. The van der Waals surface area contributed by atoms with Gasteiger partial charge in [0.1, 0.15) is 11.2 Å². The maximum Gasteiger partial charge on any atom is 2.00 e. The number of aliphatic hydroxyl groups excluding tert-OH is 1. The van der Waals surface area contributed by atoms with Crippen molar-refractivity contribution in [2.24, 2.45) is 0 Å². The molecule has 0 fully saturated rings. The van der Waals surface area contributed by atoms with Gasteiger partial charge >= 0.3 is 113 Å². The number of rotatable bonds is 12. The van der Waals surface area contributed by atoms with Gasteiger partial charge in [-0.15, -0.1) is 0 Å². The molecule has 18 heteroatoms. The average Bonchev–Trinajstić information content (AvgIpc) is 2.53. The van der Waals surface area contributed by atoms with E-state index in [1.807, 2.05) is 0 Å². The number of aliphatic carboxylic acids is 6. The predicted octanol–water partition coefficient (Wildman–Crippen LogP) is -11.1. The molecule has 0 atom stereocenters. The fourth-order valence-electron chi connectivity index (χ4n) is 1.48. The maximum absolute atomic E-state index is 10.1. The SMILES string of the molecule is O=C([O-])CC(O)(CC(=O)[O-])C(=O)[O-].O=C([O-])CC(O)(CC(=O)[O-])C(=O)[O-].[CH2]CCCO.[Ca+2].[Ca+2].[Ca+2]. The first-order chi connectivity index (χ1) is 14.0. The molecule has 0 heterocycles. The smallest absolute Gasteiger partial charge is 0.550 e. The maximum atomic E-state index is 10.1. The van der Waals surface area contributed by atoms with Crippen molar-refractivity contribution in [3.8, 4) is 0 Å². The molecule has 0 aromatic rings. The number of aliphatic hydroxyl groups is 3. The van der Waals surface area contributed by atoms with Crippen LogP contribution in [0, 0.1) is 6.92 Å². The number of hydrogen-bond donors (Lipinski definition) is 3. The quantitative estimate of drug-likeness (QED) is 0.183. The number of carboxylic acids is 6. The monoisotopic (exact) mass is 571 g/mol. The van der Waals surface area contributed by atoms with Gasteiger partial charge in [-0.25, -0.2) is 0 Å². The van der Waals surface area contributed by atoms with Gasteiger partial charge in [-0.05, 0) is 6.42 Å². The first-order valence-electron chi connectivity index (χ1n) is 8.04. The Morgan fingerprint density at radius 3 is 0.853 bits per heavy atom. The van der Waals surface area contributed by atoms with Crippen LogP contribution in [-0.4, -0.2) is 182 Å². The minimum Gasteiger partial charge on any atom is -0.550 e. The van der Waals surface area contributed by atoms with Crippen molar-refractivity contribution in [3.05, 3.63) is 6.92 Å². The van der Waals surface area contributed by atoms with Crippen LogP contribution in [0.15, 0.2) is 0 Å². The fourth-order valence-corrected chi connectivity index (χ4v) is 1.48. The molecule has 0 aromatic heterocycles. The molecule has 0 saturated heterocycles. The molecule has 0 aliphatic carbocycles. The Labute approximate surface area is 283 Å². The minimum absolute atomic E-state index is 0. The third-order valence-corrected chi connectivity index (χ3v) is 2.92. The van der Waals surface area contributed by atoms with Gasteiger partial charge in [-0.2, -0.15) is 0 Å². The van der Waals surface area contributed by atoms with E-state index in [0.717, 1.165) is 12.8 Å². The van der Waals surface area contributed by atoms with Crippen molar-refractivity contribution in [2.45, 2.75) is 49.7 Å². The third-order valence-electron chi connectivity index (χ3n) is 2.92. The van der Waals surface area contributed by atoms with Crippen LogP contribution in [-0.2, 0) is 28.8 Å². The van der Waals surface area contributed by atoms with Gasteiger partial charge in [0.05, 0.1) is 11.9 Å². The van der Waals surface area contributed by atoms with Gasteiger partial charge in [-0.1, -0.05) is 13.3 Å². The van der Waals surface area contributed by atoms with Crippen LogP contribution in [0.25, 0.3) is 0 Å². The summed E-state index contributed by atoms with van der Waals surface area (Å²) in [4.78, 5) is 60.0. The second kappa shape index (κ2) is 25.1. The van der Waals surface area contributed by atoms with Crippen LogP contribution in [0.5, 0.6) is 0 Å². The second-order valence-electron chi connectivity index (χ2n) is 5.76. The van der Waals surface area contributed by atoms with Crippen molar-refractivity contribution < 1.29 is 74.7 Å². The normalized spacial score (nSPS) is 9.53. The molecule has 0 aliphatic rings. The summed E-state index contributed by atoms with van der Waals surface area (Å²) in [5.41, 5.74) is -5.95. The first kappa shape index (κ1) is 47.6. The van der Waals surface area contributed by atoms with E-state index >= 15 is 0 Å². The molecule has 0 unspecified atom stereocenters. The van der Waals surface area contributed by atoms with Crippen LogP contribution in [0.4, 0.5) is 0 Å². The van der Waals surface area contributed by atoms with Gasteiger partial charge < -0.3 is 74.7 Å². The van der Waals surface area contributed by atoms with Crippen LogP contribution in [0.2, 0.25) is 0 Å². The topological polar surface area (TPSA) is 301 Å². The number of carbonyl (C=O) groups is 6. The molecular weight excluding hydrogens is 552 g/mol. The molecule has 0 amide bonds. The summed E-state index contributed by atoms with van der Waals surface area (Å²) in [6.07, 6.45) is -3.75. The van der Waals surface area contributed by atoms with Crippen molar-refractivity contribution in [3.63, 3.8) is 0 Å². The van der Waals surface area contributed by atoms with Crippen LogP contribution in [0.3, 0.4) is 0 Å². The zero-order chi connectivity index (χ0) is 25.4. The Hall–Kier alpha value is 0.479. The van der Waals surface area contributed by atoms with Gasteiger partial charge in [0.2, 0.25) is 0 Å². The van der Waals surface area contributed by atoms with E-state index in [1.54, 1.807) is 0 Å². The summed E-state index contributed by atoms with van der Waals surface area (Å²) in [5.74, 6) is -12.0. The molecule has 0 aliphatic heterocycles. The van der Waals surface area contributed by atoms with E-state index in [0.29, 0.717) is 0 Å². The molecule has 1 radical (unpaired) electrons. The Balaban J connectivity index is -0.0000000897. The van der Waals surface area contributed by atoms with E-state index in [1.165, 1.54) is 0 Å². The molecule has 0 bridgehead atoms. The van der Waals surface area contributed by atoms with Crippen molar-refractivity contribution in [1.29, 1.82) is 0 Å². The molecule has 0 aromatic carbocycles. The van der Waals surface area contributed by atoms with Crippen molar-refractivity contribution in [1.82, 2.24) is 0 Å². The molecule has 0 saturated carbocycles. The Kier molecular flexibility index (Phi) is 35.2. The summed E-state index contributed by atoms with van der Waals surface area (Å²) in [5, 5.41) is 85.9. The number of carboxylic acid groups (broad SMARTS) is 6. The standard InChI is InChI=1S/2C6H8O7.C4H9O.3Ca/c2*7-3(8)1-6(13,5(11)12)2-4(9)10;1-2-3-4-5;;;/h2*13H,1-2H2,(H,7,8)(H,9,10)(H,11,12);5H,1-4H2;;;/q;;;3*+2/p-6. The van der Waals surface area contributed by atoms with Gasteiger partial charge in [0.15, 0.2) is 0 Å². The first-order valence-corrected chi connectivity index (χ1v) is 8.04.